The van der Waals surface area contributed by atoms with Crippen molar-refractivity contribution in [2.45, 2.75) is 18.7 Å². The molecule has 19 heavy (non-hydrogen) atoms. The van der Waals surface area contributed by atoms with Crippen LogP contribution in [-0.4, -0.2) is 20.7 Å². The summed E-state index contributed by atoms with van der Waals surface area (Å²) in [6.07, 6.45) is 10.9. The Morgan fingerprint density at radius 3 is 2.84 bits per heavy atom. The molecule has 0 radical (unpaired) electrons. The first-order chi connectivity index (χ1) is 9.03. The maximum absolute atomic E-state index is 12.7. The molecule has 1 saturated heterocycles. The molecule has 3 rings (SSSR count). The summed E-state index contributed by atoms with van der Waals surface area (Å²) in [6, 6.07) is 0. The van der Waals surface area contributed by atoms with Crippen molar-refractivity contribution < 1.29 is 4.79 Å². The molecule has 1 fully saturated rings. The van der Waals surface area contributed by atoms with E-state index in [4.69, 9.17) is 0 Å². The van der Waals surface area contributed by atoms with E-state index in [-0.39, 0.29) is 16.7 Å². The third kappa shape index (κ3) is 1.75. The van der Waals surface area contributed by atoms with Gasteiger partial charge in [0.25, 0.3) is 0 Å². The number of amides is 1. The van der Waals surface area contributed by atoms with Gasteiger partial charge in [-0.25, -0.2) is 4.98 Å². The number of halogens is 1. The minimum absolute atomic E-state index is 0.0670. The van der Waals surface area contributed by atoms with Gasteiger partial charge in [0.1, 0.15) is 0 Å². The Hall–Kier alpha value is -1.49. The van der Waals surface area contributed by atoms with Crippen LogP contribution in [0, 0.1) is 11.3 Å². The van der Waals surface area contributed by atoms with Crippen LogP contribution in [-0.2, 0) is 4.79 Å². The predicted octanol–water partition coefficient (Wildman–Crippen LogP) is 2.68. The van der Waals surface area contributed by atoms with Gasteiger partial charge >= 0.3 is 0 Å². The van der Waals surface area contributed by atoms with Gasteiger partial charge < -0.3 is 0 Å². The zero-order valence-electron chi connectivity index (χ0n) is 10.7. The topological polar surface area (TPSA) is 46.1 Å². The van der Waals surface area contributed by atoms with E-state index < -0.39 is 5.41 Å². The first kappa shape index (κ1) is 12.5. The van der Waals surface area contributed by atoms with Crippen LogP contribution >= 0.6 is 15.9 Å². The molecule has 5 heteroatoms. The number of fused-ring (bicyclic) bond motifs is 1. The fourth-order valence-corrected chi connectivity index (χ4v) is 3.91. The van der Waals surface area contributed by atoms with E-state index in [9.17, 15) is 4.79 Å². The van der Waals surface area contributed by atoms with Gasteiger partial charge in [-0.3, -0.25) is 14.7 Å². The number of hydrogen-bond donors (Lipinski definition) is 0. The van der Waals surface area contributed by atoms with E-state index in [0.717, 1.165) is 5.70 Å². The highest BCUT2D eigenvalue weighted by Crippen LogP contribution is 2.50. The SMILES string of the molecule is CC1(C)C(=O)N(c2cnccn2)C2=CC=CC(Br)C21. The Bertz CT molecular complexity index is 580. The first-order valence-electron chi connectivity index (χ1n) is 6.16. The van der Waals surface area contributed by atoms with E-state index in [1.165, 1.54) is 0 Å². The normalized spacial score (nSPS) is 28.3. The molecule has 2 atom stereocenters. The predicted molar refractivity (Wildman–Crippen MR) is 76.7 cm³/mol. The van der Waals surface area contributed by atoms with Crippen LogP contribution in [0.3, 0.4) is 0 Å². The third-order valence-corrected chi connectivity index (χ3v) is 4.60. The molecule has 0 N–H and O–H groups in total. The molecule has 1 amide bonds. The maximum atomic E-state index is 12.7. The van der Waals surface area contributed by atoms with E-state index in [2.05, 4.69) is 32.0 Å². The molecule has 2 aliphatic rings. The average Bonchev–Trinajstić information content (AvgIpc) is 2.60. The molecule has 4 nitrogen and oxygen atoms in total. The van der Waals surface area contributed by atoms with Crippen LogP contribution in [0.1, 0.15) is 13.8 Å². The summed E-state index contributed by atoms with van der Waals surface area (Å²) >= 11 is 3.66. The van der Waals surface area contributed by atoms with Gasteiger partial charge in [0.05, 0.1) is 11.6 Å². The Morgan fingerprint density at radius 1 is 1.37 bits per heavy atom. The number of alkyl halides is 1. The second kappa shape index (κ2) is 4.27. The zero-order chi connectivity index (χ0) is 13.6. The highest BCUT2D eigenvalue weighted by Gasteiger charge is 2.54. The first-order valence-corrected chi connectivity index (χ1v) is 7.08. The minimum atomic E-state index is -0.456. The summed E-state index contributed by atoms with van der Waals surface area (Å²) in [5.74, 6) is 0.772. The maximum Gasteiger partial charge on any atom is 0.238 e. The fraction of sp³-hybridized carbons (Fsp3) is 0.357. The lowest BCUT2D eigenvalue weighted by molar-refractivity contribution is -0.125. The smallest absolute Gasteiger partial charge is 0.238 e. The van der Waals surface area contributed by atoms with Crippen LogP contribution in [0.5, 0.6) is 0 Å². The van der Waals surface area contributed by atoms with Crippen LogP contribution in [0.15, 0.2) is 42.5 Å². The molecule has 2 heterocycles. The summed E-state index contributed by atoms with van der Waals surface area (Å²) in [6.45, 7) is 3.97. The largest absolute Gasteiger partial charge is 0.273 e. The number of aromatic nitrogens is 2. The van der Waals surface area contributed by atoms with Gasteiger partial charge in [-0.05, 0) is 6.08 Å². The number of hydrogen-bond acceptors (Lipinski definition) is 3. The standard InChI is InChI=1S/C14H14BrN3O/c1-14(2)12-9(15)4-3-5-10(12)18(13(14)19)11-8-16-6-7-17-11/h3-9,12H,1-2H3. The lowest BCUT2D eigenvalue weighted by Crippen LogP contribution is -2.33. The molecule has 0 aromatic carbocycles. The Kier molecular flexibility index (Phi) is 2.82. The molecular weight excluding hydrogens is 306 g/mol. The second-order valence-electron chi connectivity index (χ2n) is 5.32. The van der Waals surface area contributed by atoms with Crippen molar-refractivity contribution in [3.8, 4) is 0 Å². The van der Waals surface area contributed by atoms with Gasteiger partial charge in [-0.15, -0.1) is 0 Å². The molecule has 1 aromatic heterocycles. The highest BCUT2D eigenvalue weighted by atomic mass is 79.9. The molecule has 2 unspecified atom stereocenters. The number of anilines is 1. The van der Waals surface area contributed by atoms with E-state index in [0.29, 0.717) is 5.82 Å². The quantitative estimate of drug-likeness (QED) is 0.748. The van der Waals surface area contributed by atoms with E-state index in [1.54, 1.807) is 23.5 Å². The van der Waals surface area contributed by atoms with Crippen molar-refractivity contribution in [1.82, 2.24) is 9.97 Å². The molecule has 0 bridgehead atoms. The lowest BCUT2D eigenvalue weighted by Gasteiger charge is -2.28. The lowest BCUT2D eigenvalue weighted by atomic mass is 9.77. The van der Waals surface area contributed by atoms with E-state index in [1.807, 2.05) is 26.0 Å². The molecule has 0 saturated carbocycles. The van der Waals surface area contributed by atoms with Crippen LogP contribution < -0.4 is 4.90 Å². The minimum Gasteiger partial charge on any atom is -0.273 e. The van der Waals surface area contributed by atoms with Gasteiger partial charge in [-0.2, -0.15) is 0 Å². The van der Waals surface area contributed by atoms with Gasteiger partial charge in [0.2, 0.25) is 5.91 Å². The Balaban J connectivity index is 2.13. The monoisotopic (exact) mass is 319 g/mol. The van der Waals surface area contributed by atoms with Crippen molar-refractivity contribution in [2.24, 2.45) is 11.3 Å². The number of nitrogens with zero attached hydrogens (tertiary/aromatic N) is 3. The summed E-state index contributed by atoms with van der Waals surface area (Å²) in [5, 5.41) is 0. The van der Waals surface area contributed by atoms with Gasteiger partial charge in [-0.1, -0.05) is 41.9 Å². The number of rotatable bonds is 1. The summed E-state index contributed by atoms with van der Waals surface area (Å²) < 4.78 is 0. The Morgan fingerprint density at radius 2 is 2.16 bits per heavy atom. The molecular formula is C14H14BrN3O. The van der Waals surface area contributed by atoms with Gasteiger partial charge in [0, 0.05) is 28.8 Å². The van der Waals surface area contributed by atoms with Crippen molar-refractivity contribution in [3.05, 3.63) is 42.5 Å². The van der Waals surface area contributed by atoms with Crippen LogP contribution in [0.4, 0.5) is 5.82 Å². The average molecular weight is 320 g/mol. The highest BCUT2D eigenvalue weighted by molar-refractivity contribution is 9.09. The molecule has 1 aliphatic heterocycles. The number of carbonyl (C=O) groups is 1. The van der Waals surface area contributed by atoms with Crippen LogP contribution in [0.2, 0.25) is 0 Å². The number of allylic oxidation sites excluding steroid dienone is 4. The molecule has 1 aromatic rings. The van der Waals surface area contributed by atoms with Crippen molar-refractivity contribution in [2.75, 3.05) is 4.90 Å². The fourth-order valence-electron chi connectivity index (χ4n) is 2.80. The van der Waals surface area contributed by atoms with Gasteiger partial charge in [0.15, 0.2) is 5.82 Å². The molecule has 1 aliphatic carbocycles. The second-order valence-corrected chi connectivity index (χ2v) is 6.38. The number of carbonyl (C=O) groups excluding carboxylic acids is 1. The summed E-state index contributed by atoms with van der Waals surface area (Å²) in [4.78, 5) is 22.9. The van der Waals surface area contributed by atoms with Crippen molar-refractivity contribution in [1.29, 1.82) is 0 Å². The molecule has 98 valence electrons. The summed E-state index contributed by atoms with van der Waals surface area (Å²) in [5.41, 5.74) is 0.530. The molecule has 0 spiro atoms. The van der Waals surface area contributed by atoms with Crippen molar-refractivity contribution >= 4 is 27.7 Å². The summed E-state index contributed by atoms with van der Waals surface area (Å²) in [7, 11) is 0. The van der Waals surface area contributed by atoms with Crippen molar-refractivity contribution in [3.63, 3.8) is 0 Å². The Labute approximate surface area is 120 Å². The van der Waals surface area contributed by atoms with E-state index >= 15 is 0 Å². The third-order valence-electron chi connectivity index (χ3n) is 3.77. The zero-order valence-corrected chi connectivity index (χ0v) is 12.3. The van der Waals surface area contributed by atoms with Crippen LogP contribution in [0.25, 0.3) is 0 Å².